The largest absolute Gasteiger partial charge is 0.507 e. The van der Waals surface area contributed by atoms with Crippen LogP contribution in [0, 0.1) is 0 Å². The first-order valence-corrected chi connectivity index (χ1v) is 8.11. The number of H-pyrrole nitrogens is 1. The van der Waals surface area contributed by atoms with E-state index in [-0.39, 0.29) is 30.2 Å². The maximum absolute atomic E-state index is 11.5. The molecule has 26 heavy (non-hydrogen) atoms. The van der Waals surface area contributed by atoms with E-state index in [0.29, 0.717) is 25.2 Å². The molecule has 11 heteroatoms. The highest BCUT2D eigenvalue weighted by Crippen LogP contribution is 2.34. The van der Waals surface area contributed by atoms with E-state index in [1.54, 1.807) is 0 Å². The van der Waals surface area contributed by atoms with Gasteiger partial charge < -0.3 is 25.0 Å². The monoisotopic (exact) mass is 362 g/mol. The number of phenols is 1. The number of hydrogen-bond donors (Lipinski definition) is 5. The summed E-state index contributed by atoms with van der Waals surface area (Å²) in [6, 6.07) is 3.02. The normalized spacial score (nSPS) is 14.8. The van der Waals surface area contributed by atoms with Crippen LogP contribution in [0.1, 0.15) is 21.7 Å². The molecule has 3 rings (SSSR count). The molecule has 2 heterocycles. The fourth-order valence-electron chi connectivity index (χ4n) is 2.83. The Morgan fingerprint density at radius 1 is 1.38 bits per heavy atom. The summed E-state index contributed by atoms with van der Waals surface area (Å²) in [6.07, 6.45) is 1.37. The van der Waals surface area contributed by atoms with Crippen molar-refractivity contribution in [2.24, 2.45) is 0 Å². The molecule has 2 aromatic rings. The molecule has 1 aromatic carbocycles. The number of carbonyl (C=O) groups is 1. The van der Waals surface area contributed by atoms with E-state index in [9.17, 15) is 15.0 Å². The van der Waals surface area contributed by atoms with Gasteiger partial charge >= 0.3 is 13.1 Å². The molecule has 138 valence electrons. The molecular formula is C15H19BN4O6. The highest BCUT2D eigenvalue weighted by Gasteiger charge is 2.31. The van der Waals surface area contributed by atoms with E-state index in [4.69, 9.17) is 14.8 Å². The maximum atomic E-state index is 11.5. The lowest BCUT2D eigenvalue weighted by atomic mass is 9.82. The fourth-order valence-corrected chi connectivity index (χ4v) is 2.83. The van der Waals surface area contributed by atoms with Crippen molar-refractivity contribution in [2.45, 2.75) is 25.4 Å². The van der Waals surface area contributed by atoms with Gasteiger partial charge in [0.25, 0.3) is 0 Å². The molecule has 1 aliphatic heterocycles. The summed E-state index contributed by atoms with van der Waals surface area (Å²) in [5.74, 6) is -0.884. The third kappa shape index (κ3) is 4.13. The van der Waals surface area contributed by atoms with E-state index < -0.39 is 18.8 Å². The third-order valence-corrected chi connectivity index (χ3v) is 4.16. The van der Waals surface area contributed by atoms with Gasteiger partial charge in [-0.1, -0.05) is 6.07 Å². The average molecular weight is 362 g/mol. The van der Waals surface area contributed by atoms with Gasteiger partial charge in [-0.2, -0.15) is 5.10 Å². The number of nitrogens with zero attached hydrogens (tertiary/aromatic N) is 3. The number of rotatable bonds is 8. The van der Waals surface area contributed by atoms with Gasteiger partial charge in [-0.15, -0.1) is 0 Å². The number of nitrogens with one attached hydrogen (secondary N) is 1. The lowest BCUT2D eigenvalue weighted by Crippen LogP contribution is -2.53. The standard InChI is InChI=1S/C15H19BN4O6/c21-14-9(3-4-16(24)25)1-2-11(13(14)15(22)23)26-10-5-20(6-10)7-12-17-8-18-19-12/h1-2,8,10,21,24-25H,3-7H2,(H,22,23)(H,17,18,19). The quantitative estimate of drug-likeness (QED) is 0.391. The fraction of sp³-hybridized carbons (Fsp3) is 0.400. The molecule has 1 aliphatic rings. The summed E-state index contributed by atoms with van der Waals surface area (Å²) in [5, 5.41) is 44.0. The number of carboxylic acid groups (broad SMARTS) is 1. The first kappa shape index (κ1) is 18.2. The molecule has 0 amide bonds. The van der Waals surface area contributed by atoms with Crippen LogP contribution < -0.4 is 4.74 Å². The van der Waals surface area contributed by atoms with Crippen LogP contribution in [0.15, 0.2) is 18.5 Å². The van der Waals surface area contributed by atoms with Gasteiger partial charge in [0.05, 0.1) is 6.54 Å². The number of aromatic amines is 1. The second-order valence-electron chi connectivity index (χ2n) is 6.14. The molecule has 1 fully saturated rings. The van der Waals surface area contributed by atoms with E-state index in [1.165, 1.54) is 18.5 Å². The Morgan fingerprint density at radius 3 is 2.77 bits per heavy atom. The first-order valence-electron chi connectivity index (χ1n) is 8.11. The molecule has 10 nitrogen and oxygen atoms in total. The minimum absolute atomic E-state index is 0.00789. The Labute approximate surface area is 149 Å². The maximum Gasteiger partial charge on any atom is 0.451 e. The SMILES string of the molecule is O=C(O)c1c(OC2CN(Cc3ncn[nH]3)C2)ccc(CCB(O)O)c1O. The Balaban J connectivity index is 1.64. The number of benzene rings is 1. The van der Waals surface area contributed by atoms with Gasteiger partial charge in [0.15, 0.2) is 0 Å². The van der Waals surface area contributed by atoms with E-state index >= 15 is 0 Å². The number of likely N-dealkylation sites (tertiary alicyclic amines) is 1. The molecule has 0 radical (unpaired) electrons. The van der Waals surface area contributed by atoms with Crippen molar-refractivity contribution in [3.8, 4) is 11.5 Å². The van der Waals surface area contributed by atoms with Crippen LogP contribution >= 0.6 is 0 Å². The highest BCUT2D eigenvalue weighted by molar-refractivity contribution is 6.41. The zero-order valence-electron chi connectivity index (χ0n) is 13.9. The molecule has 0 bridgehead atoms. The van der Waals surface area contributed by atoms with Crippen molar-refractivity contribution in [3.63, 3.8) is 0 Å². The molecule has 0 unspecified atom stereocenters. The summed E-state index contributed by atoms with van der Waals surface area (Å²) in [4.78, 5) is 17.6. The molecule has 0 saturated carbocycles. The molecule has 0 aliphatic carbocycles. The van der Waals surface area contributed by atoms with Crippen molar-refractivity contribution >= 4 is 13.1 Å². The molecule has 0 atom stereocenters. The van der Waals surface area contributed by atoms with Crippen molar-refractivity contribution in [1.82, 2.24) is 20.1 Å². The molecule has 1 aromatic heterocycles. The second kappa shape index (κ2) is 7.73. The van der Waals surface area contributed by atoms with Crippen molar-refractivity contribution in [1.29, 1.82) is 0 Å². The van der Waals surface area contributed by atoms with Gasteiger partial charge in [0.1, 0.15) is 35.3 Å². The number of carboxylic acids is 1. The van der Waals surface area contributed by atoms with Gasteiger partial charge in [-0.05, 0) is 24.4 Å². The topological polar surface area (TPSA) is 152 Å². The zero-order chi connectivity index (χ0) is 18.7. The zero-order valence-corrected chi connectivity index (χ0v) is 13.9. The number of aryl methyl sites for hydroxylation is 1. The van der Waals surface area contributed by atoms with Crippen molar-refractivity contribution < 1.29 is 29.8 Å². The number of aromatic carboxylic acids is 1. The van der Waals surface area contributed by atoms with Gasteiger partial charge in [0.2, 0.25) is 0 Å². The summed E-state index contributed by atoms with van der Waals surface area (Å²) in [5.41, 5.74) is 0.00650. The Bertz CT molecular complexity index is 764. The predicted octanol–water partition coefficient (Wildman–Crippen LogP) is -0.513. The summed E-state index contributed by atoms with van der Waals surface area (Å²) >= 11 is 0. The van der Waals surface area contributed by atoms with Crippen molar-refractivity contribution in [3.05, 3.63) is 35.4 Å². The highest BCUT2D eigenvalue weighted by atomic mass is 16.5. The van der Waals surface area contributed by atoms with Crippen LogP contribution in [0.2, 0.25) is 6.32 Å². The van der Waals surface area contributed by atoms with Crippen LogP contribution in [0.3, 0.4) is 0 Å². The predicted molar refractivity (Wildman–Crippen MR) is 89.8 cm³/mol. The van der Waals surface area contributed by atoms with E-state index in [2.05, 4.69) is 20.1 Å². The Hall–Kier alpha value is -2.63. The lowest BCUT2D eigenvalue weighted by Gasteiger charge is -2.38. The van der Waals surface area contributed by atoms with Gasteiger partial charge in [-0.25, -0.2) is 9.78 Å². The Morgan fingerprint density at radius 2 is 2.15 bits per heavy atom. The number of ether oxygens (including phenoxy) is 1. The van der Waals surface area contributed by atoms with Gasteiger partial charge in [-0.3, -0.25) is 10.00 Å². The number of aromatic nitrogens is 3. The van der Waals surface area contributed by atoms with Crippen LogP contribution in [-0.2, 0) is 13.0 Å². The number of aromatic hydroxyl groups is 1. The molecular weight excluding hydrogens is 343 g/mol. The summed E-state index contributed by atoms with van der Waals surface area (Å²) in [6.45, 7) is 1.79. The second-order valence-corrected chi connectivity index (χ2v) is 6.14. The van der Waals surface area contributed by atoms with Gasteiger partial charge in [0, 0.05) is 13.1 Å². The molecule has 5 N–H and O–H groups in total. The van der Waals surface area contributed by atoms with Crippen LogP contribution in [0.5, 0.6) is 11.5 Å². The first-order chi connectivity index (χ1) is 12.4. The van der Waals surface area contributed by atoms with E-state index in [0.717, 1.165) is 5.82 Å². The summed E-state index contributed by atoms with van der Waals surface area (Å²) < 4.78 is 5.73. The average Bonchev–Trinajstić information content (AvgIpc) is 3.04. The third-order valence-electron chi connectivity index (χ3n) is 4.16. The molecule has 0 spiro atoms. The molecule has 1 saturated heterocycles. The van der Waals surface area contributed by atoms with Crippen LogP contribution in [0.25, 0.3) is 0 Å². The van der Waals surface area contributed by atoms with Crippen LogP contribution in [-0.4, -0.2) is 72.6 Å². The smallest absolute Gasteiger partial charge is 0.451 e. The minimum atomic E-state index is -1.52. The summed E-state index contributed by atoms with van der Waals surface area (Å²) in [7, 11) is -1.52. The van der Waals surface area contributed by atoms with Crippen LogP contribution in [0.4, 0.5) is 0 Å². The van der Waals surface area contributed by atoms with Crippen molar-refractivity contribution in [2.75, 3.05) is 13.1 Å². The minimum Gasteiger partial charge on any atom is -0.507 e. The number of hydrogen-bond acceptors (Lipinski definition) is 8. The lowest BCUT2D eigenvalue weighted by molar-refractivity contribution is 0.0120. The van der Waals surface area contributed by atoms with E-state index in [1.807, 2.05) is 0 Å². The Kier molecular flexibility index (Phi) is 5.40.